The zero-order chi connectivity index (χ0) is 12.0. The summed E-state index contributed by atoms with van der Waals surface area (Å²) in [5, 5.41) is 0. The number of hydrogen-bond acceptors (Lipinski definition) is 2. The molecule has 0 N–H and O–H groups in total. The van der Waals surface area contributed by atoms with Crippen molar-refractivity contribution < 1.29 is 13.5 Å². The molecule has 0 aliphatic rings. The minimum absolute atomic E-state index is 0.236. The fraction of sp³-hybridized carbons (Fsp3) is 0.500. The van der Waals surface area contributed by atoms with Crippen LogP contribution >= 0.6 is 12.6 Å². The van der Waals surface area contributed by atoms with E-state index < -0.39 is 11.6 Å². The molecule has 0 amide bonds. The monoisotopic (exact) mass is 246 g/mol. The molecule has 16 heavy (non-hydrogen) atoms. The summed E-state index contributed by atoms with van der Waals surface area (Å²) in [6.07, 6.45) is 2.05. The number of hydrogen-bond donors (Lipinski definition) is 1. The van der Waals surface area contributed by atoms with Crippen LogP contribution in [0, 0.1) is 17.6 Å². The molecule has 90 valence electrons. The summed E-state index contributed by atoms with van der Waals surface area (Å²) in [6.45, 7) is 2.53. The summed E-state index contributed by atoms with van der Waals surface area (Å²) < 4.78 is 31.0. The number of rotatable bonds is 6. The molecule has 0 aliphatic heterocycles. The van der Waals surface area contributed by atoms with E-state index in [0.29, 0.717) is 18.3 Å². The summed E-state index contributed by atoms with van der Waals surface area (Å²) in [7, 11) is 0. The molecule has 1 atom stereocenters. The predicted molar refractivity (Wildman–Crippen MR) is 64.1 cm³/mol. The van der Waals surface area contributed by atoms with Gasteiger partial charge < -0.3 is 4.74 Å². The molecule has 0 radical (unpaired) electrons. The van der Waals surface area contributed by atoms with Crippen molar-refractivity contribution in [2.24, 2.45) is 5.92 Å². The Morgan fingerprint density at radius 2 is 1.88 bits per heavy atom. The number of benzene rings is 1. The van der Waals surface area contributed by atoms with E-state index in [0.717, 1.165) is 18.9 Å². The second kappa shape index (κ2) is 6.74. The van der Waals surface area contributed by atoms with Gasteiger partial charge in [0.15, 0.2) is 0 Å². The van der Waals surface area contributed by atoms with Gasteiger partial charge in [0.05, 0.1) is 6.61 Å². The van der Waals surface area contributed by atoms with Crippen LogP contribution in [0.1, 0.15) is 19.8 Å². The van der Waals surface area contributed by atoms with Crippen molar-refractivity contribution in [1.29, 1.82) is 0 Å². The Bertz CT molecular complexity index is 311. The van der Waals surface area contributed by atoms with Gasteiger partial charge in [-0.2, -0.15) is 12.6 Å². The number of halogens is 2. The van der Waals surface area contributed by atoms with Gasteiger partial charge >= 0.3 is 0 Å². The molecule has 0 fully saturated rings. The Labute approximate surface area is 100 Å². The highest BCUT2D eigenvalue weighted by Crippen LogP contribution is 2.17. The fourth-order valence-electron chi connectivity index (χ4n) is 1.46. The van der Waals surface area contributed by atoms with Gasteiger partial charge in [0.25, 0.3) is 0 Å². The van der Waals surface area contributed by atoms with Gasteiger partial charge in [0, 0.05) is 24.1 Å². The SMILES string of the molecule is CCCC(CS)COc1cc(F)cc(F)c1. The quantitative estimate of drug-likeness (QED) is 0.753. The maximum absolute atomic E-state index is 12.8. The van der Waals surface area contributed by atoms with Crippen molar-refractivity contribution in [2.75, 3.05) is 12.4 Å². The van der Waals surface area contributed by atoms with E-state index in [1.165, 1.54) is 12.1 Å². The van der Waals surface area contributed by atoms with E-state index in [2.05, 4.69) is 19.6 Å². The highest BCUT2D eigenvalue weighted by molar-refractivity contribution is 7.80. The van der Waals surface area contributed by atoms with Crippen LogP contribution in [-0.2, 0) is 0 Å². The summed E-state index contributed by atoms with van der Waals surface area (Å²) in [4.78, 5) is 0. The molecule has 0 aliphatic carbocycles. The molecule has 1 unspecified atom stereocenters. The first-order chi connectivity index (χ1) is 7.65. The van der Waals surface area contributed by atoms with Crippen LogP contribution in [0.3, 0.4) is 0 Å². The first-order valence-electron chi connectivity index (χ1n) is 5.35. The molecular formula is C12H16F2OS. The van der Waals surface area contributed by atoms with Gasteiger partial charge in [0.1, 0.15) is 17.4 Å². The second-order valence-corrected chi connectivity index (χ2v) is 4.12. The minimum Gasteiger partial charge on any atom is -0.493 e. The van der Waals surface area contributed by atoms with E-state index in [1.54, 1.807) is 0 Å². The highest BCUT2D eigenvalue weighted by Gasteiger charge is 2.08. The first-order valence-corrected chi connectivity index (χ1v) is 5.98. The van der Waals surface area contributed by atoms with E-state index in [4.69, 9.17) is 4.74 Å². The van der Waals surface area contributed by atoms with Crippen LogP contribution in [0.25, 0.3) is 0 Å². The Hall–Kier alpha value is -0.770. The van der Waals surface area contributed by atoms with E-state index in [9.17, 15) is 8.78 Å². The molecule has 1 rings (SSSR count). The lowest BCUT2D eigenvalue weighted by molar-refractivity contribution is 0.252. The lowest BCUT2D eigenvalue weighted by Crippen LogP contribution is -2.13. The van der Waals surface area contributed by atoms with Crippen molar-refractivity contribution >= 4 is 12.6 Å². The highest BCUT2D eigenvalue weighted by atomic mass is 32.1. The molecular weight excluding hydrogens is 230 g/mol. The minimum atomic E-state index is -0.618. The van der Waals surface area contributed by atoms with Crippen molar-refractivity contribution in [3.8, 4) is 5.75 Å². The Morgan fingerprint density at radius 1 is 1.25 bits per heavy atom. The molecule has 0 aromatic heterocycles. The topological polar surface area (TPSA) is 9.23 Å². The van der Waals surface area contributed by atoms with Crippen LogP contribution < -0.4 is 4.74 Å². The molecule has 0 spiro atoms. The van der Waals surface area contributed by atoms with E-state index in [-0.39, 0.29) is 5.75 Å². The molecule has 4 heteroatoms. The fourth-order valence-corrected chi connectivity index (χ4v) is 1.75. The Kier molecular flexibility index (Phi) is 5.60. The van der Waals surface area contributed by atoms with Crippen LogP contribution in [0.4, 0.5) is 8.78 Å². The molecule has 1 aromatic rings. The second-order valence-electron chi connectivity index (χ2n) is 3.75. The van der Waals surface area contributed by atoms with Gasteiger partial charge in [-0.05, 0) is 12.2 Å². The first kappa shape index (κ1) is 13.3. The zero-order valence-corrected chi connectivity index (χ0v) is 10.1. The molecule has 0 saturated heterocycles. The molecule has 1 aromatic carbocycles. The van der Waals surface area contributed by atoms with Crippen molar-refractivity contribution in [3.05, 3.63) is 29.8 Å². The van der Waals surface area contributed by atoms with Crippen LogP contribution in [0.2, 0.25) is 0 Å². The average molecular weight is 246 g/mol. The summed E-state index contributed by atoms with van der Waals surface area (Å²) in [5.74, 6) is 0.0342. The largest absolute Gasteiger partial charge is 0.493 e. The lowest BCUT2D eigenvalue weighted by atomic mass is 10.1. The third-order valence-corrected chi connectivity index (χ3v) is 2.79. The maximum atomic E-state index is 12.8. The smallest absolute Gasteiger partial charge is 0.129 e. The molecule has 0 bridgehead atoms. The van der Waals surface area contributed by atoms with Gasteiger partial charge in [-0.15, -0.1) is 0 Å². The predicted octanol–water partition coefficient (Wildman–Crippen LogP) is 3.69. The number of thiol groups is 1. The standard InChI is InChI=1S/C12H16F2OS/c1-2-3-9(8-16)7-15-12-5-10(13)4-11(14)6-12/h4-6,9,16H,2-3,7-8H2,1H3. The maximum Gasteiger partial charge on any atom is 0.129 e. The third-order valence-electron chi connectivity index (χ3n) is 2.28. The molecule has 0 saturated carbocycles. The Morgan fingerprint density at radius 3 is 2.38 bits per heavy atom. The summed E-state index contributed by atoms with van der Waals surface area (Å²) >= 11 is 4.21. The van der Waals surface area contributed by atoms with Crippen molar-refractivity contribution in [3.63, 3.8) is 0 Å². The van der Waals surface area contributed by atoms with Gasteiger partial charge in [-0.3, -0.25) is 0 Å². The van der Waals surface area contributed by atoms with E-state index >= 15 is 0 Å². The van der Waals surface area contributed by atoms with E-state index in [1.807, 2.05) is 0 Å². The Balaban J connectivity index is 2.52. The molecule has 1 nitrogen and oxygen atoms in total. The van der Waals surface area contributed by atoms with Crippen LogP contribution in [0.15, 0.2) is 18.2 Å². The van der Waals surface area contributed by atoms with Crippen molar-refractivity contribution in [1.82, 2.24) is 0 Å². The van der Waals surface area contributed by atoms with Gasteiger partial charge in [-0.1, -0.05) is 13.3 Å². The summed E-state index contributed by atoms with van der Waals surface area (Å²) in [6, 6.07) is 3.20. The van der Waals surface area contributed by atoms with Crippen molar-refractivity contribution in [2.45, 2.75) is 19.8 Å². The lowest BCUT2D eigenvalue weighted by Gasteiger charge is -2.14. The van der Waals surface area contributed by atoms with Crippen LogP contribution in [0.5, 0.6) is 5.75 Å². The van der Waals surface area contributed by atoms with Crippen LogP contribution in [-0.4, -0.2) is 12.4 Å². The average Bonchev–Trinajstić information content (AvgIpc) is 2.23. The zero-order valence-electron chi connectivity index (χ0n) is 9.25. The van der Waals surface area contributed by atoms with Gasteiger partial charge in [0.2, 0.25) is 0 Å². The third kappa shape index (κ3) is 4.39. The van der Waals surface area contributed by atoms with Gasteiger partial charge in [-0.25, -0.2) is 8.78 Å². The number of ether oxygens (including phenoxy) is 1. The molecule has 0 heterocycles. The summed E-state index contributed by atoms with van der Waals surface area (Å²) in [5.41, 5.74) is 0. The normalized spacial score (nSPS) is 12.5.